The van der Waals surface area contributed by atoms with Crippen molar-refractivity contribution >= 4 is 27.3 Å². The fourth-order valence-electron chi connectivity index (χ4n) is 1.53. The zero-order chi connectivity index (χ0) is 12.3. The van der Waals surface area contributed by atoms with Crippen molar-refractivity contribution < 1.29 is 0 Å². The van der Waals surface area contributed by atoms with Gasteiger partial charge in [-0.3, -0.25) is 4.98 Å². The Morgan fingerprint density at radius 3 is 2.94 bits per heavy atom. The van der Waals surface area contributed by atoms with Gasteiger partial charge in [-0.25, -0.2) is 0 Å². The van der Waals surface area contributed by atoms with Crippen LogP contribution >= 0.6 is 15.9 Å². The van der Waals surface area contributed by atoms with Gasteiger partial charge >= 0.3 is 0 Å². The summed E-state index contributed by atoms with van der Waals surface area (Å²) in [5.41, 5.74) is 9.88. The molecule has 1 aromatic heterocycles. The molecule has 0 radical (unpaired) electrons. The van der Waals surface area contributed by atoms with Crippen LogP contribution in [0.25, 0.3) is 0 Å². The number of nitrogens with one attached hydrogen (secondary N) is 1. The number of nitrogen functional groups attached to an aromatic ring is 1. The molecule has 0 saturated heterocycles. The van der Waals surface area contributed by atoms with Crippen molar-refractivity contribution in [2.45, 2.75) is 13.5 Å². The van der Waals surface area contributed by atoms with Crippen LogP contribution in [0.15, 0.2) is 41.1 Å². The van der Waals surface area contributed by atoms with Crippen molar-refractivity contribution in [1.82, 2.24) is 4.98 Å². The largest absolute Gasteiger partial charge is 0.398 e. The highest BCUT2D eigenvalue weighted by atomic mass is 79.9. The lowest BCUT2D eigenvalue weighted by Crippen LogP contribution is -2.01. The Balaban J connectivity index is 2.12. The maximum Gasteiger partial charge on any atom is 0.0491 e. The van der Waals surface area contributed by atoms with Crippen molar-refractivity contribution in [3.8, 4) is 0 Å². The molecule has 0 aliphatic carbocycles. The van der Waals surface area contributed by atoms with Gasteiger partial charge in [-0.2, -0.15) is 0 Å². The zero-order valence-corrected chi connectivity index (χ0v) is 11.2. The predicted molar refractivity (Wildman–Crippen MR) is 74.9 cm³/mol. The SMILES string of the molecule is Cc1cc(NCc2cccnc2)c(Br)cc1N. The Labute approximate surface area is 109 Å². The summed E-state index contributed by atoms with van der Waals surface area (Å²) in [7, 11) is 0. The second-order valence-electron chi connectivity index (χ2n) is 3.90. The van der Waals surface area contributed by atoms with Gasteiger partial charge in [-0.05, 0) is 52.2 Å². The first-order valence-electron chi connectivity index (χ1n) is 5.35. The number of aryl methyl sites for hydroxylation is 1. The number of nitrogens with zero attached hydrogens (tertiary/aromatic N) is 1. The van der Waals surface area contributed by atoms with E-state index in [0.29, 0.717) is 0 Å². The number of pyridine rings is 1. The molecule has 88 valence electrons. The molecule has 0 spiro atoms. The first-order valence-corrected chi connectivity index (χ1v) is 6.14. The van der Waals surface area contributed by atoms with Crippen LogP contribution in [0.4, 0.5) is 11.4 Å². The lowest BCUT2D eigenvalue weighted by atomic mass is 10.2. The molecule has 0 fully saturated rings. The molecular weight excluding hydrogens is 278 g/mol. The van der Waals surface area contributed by atoms with Crippen LogP contribution in [0.2, 0.25) is 0 Å². The van der Waals surface area contributed by atoms with E-state index in [1.165, 1.54) is 0 Å². The molecule has 0 aliphatic heterocycles. The van der Waals surface area contributed by atoms with Crippen molar-refractivity contribution in [1.29, 1.82) is 0 Å². The van der Waals surface area contributed by atoms with E-state index in [1.807, 2.05) is 37.4 Å². The van der Waals surface area contributed by atoms with E-state index in [-0.39, 0.29) is 0 Å². The minimum Gasteiger partial charge on any atom is -0.398 e. The highest BCUT2D eigenvalue weighted by Crippen LogP contribution is 2.28. The van der Waals surface area contributed by atoms with Gasteiger partial charge in [0.2, 0.25) is 0 Å². The Morgan fingerprint density at radius 2 is 2.24 bits per heavy atom. The van der Waals surface area contributed by atoms with E-state index in [4.69, 9.17) is 5.73 Å². The lowest BCUT2D eigenvalue weighted by molar-refractivity contribution is 1.11. The molecule has 3 nitrogen and oxygen atoms in total. The standard InChI is InChI=1S/C13H14BrN3/c1-9-5-13(11(14)6-12(9)15)17-8-10-3-2-4-16-7-10/h2-7,17H,8,15H2,1H3. The fraction of sp³-hybridized carbons (Fsp3) is 0.154. The van der Waals surface area contributed by atoms with Gasteiger partial charge in [-0.15, -0.1) is 0 Å². The van der Waals surface area contributed by atoms with Crippen LogP contribution in [0, 0.1) is 6.92 Å². The van der Waals surface area contributed by atoms with Crippen LogP contribution in [0.3, 0.4) is 0 Å². The van der Waals surface area contributed by atoms with E-state index in [0.717, 1.165) is 33.5 Å². The summed E-state index contributed by atoms with van der Waals surface area (Å²) in [4.78, 5) is 4.08. The molecular formula is C13H14BrN3. The molecule has 0 atom stereocenters. The first kappa shape index (κ1) is 11.9. The molecule has 4 heteroatoms. The number of rotatable bonds is 3. The van der Waals surface area contributed by atoms with Crippen LogP contribution in [0.1, 0.15) is 11.1 Å². The maximum atomic E-state index is 5.83. The van der Waals surface area contributed by atoms with Crippen molar-refractivity contribution in [3.05, 3.63) is 52.3 Å². The minimum atomic E-state index is 0.746. The van der Waals surface area contributed by atoms with Gasteiger partial charge in [0.15, 0.2) is 0 Å². The van der Waals surface area contributed by atoms with Gasteiger partial charge in [-0.1, -0.05) is 6.07 Å². The molecule has 2 rings (SSSR count). The van der Waals surface area contributed by atoms with E-state index >= 15 is 0 Å². The summed E-state index contributed by atoms with van der Waals surface area (Å²) in [5.74, 6) is 0. The molecule has 1 heterocycles. The zero-order valence-electron chi connectivity index (χ0n) is 9.57. The monoisotopic (exact) mass is 291 g/mol. The predicted octanol–water partition coefficient (Wildman–Crippen LogP) is 3.35. The molecule has 2 aromatic rings. The lowest BCUT2D eigenvalue weighted by Gasteiger charge is -2.11. The molecule has 0 unspecified atom stereocenters. The smallest absolute Gasteiger partial charge is 0.0491 e. The van der Waals surface area contributed by atoms with Crippen LogP contribution in [0.5, 0.6) is 0 Å². The number of aromatic nitrogens is 1. The summed E-state index contributed by atoms with van der Waals surface area (Å²) < 4.78 is 0.976. The van der Waals surface area contributed by atoms with Crippen molar-refractivity contribution in [2.24, 2.45) is 0 Å². The van der Waals surface area contributed by atoms with Crippen LogP contribution in [-0.2, 0) is 6.54 Å². The topological polar surface area (TPSA) is 50.9 Å². The summed E-state index contributed by atoms with van der Waals surface area (Å²) in [5, 5.41) is 3.35. The average molecular weight is 292 g/mol. The second kappa shape index (κ2) is 5.19. The molecule has 0 aliphatic rings. The number of hydrogen-bond acceptors (Lipinski definition) is 3. The molecule has 3 N–H and O–H groups in total. The number of hydrogen-bond donors (Lipinski definition) is 2. The Kier molecular flexibility index (Phi) is 3.64. The van der Waals surface area contributed by atoms with E-state index in [2.05, 4.69) is 26.2 Å². The Morgan fingerprint density at radius 1 is 1.41 bits per heavy atom. The van der Waals surface area contributed by atoms with Gasteiger partial charge in [0.25, 0.3) is 0 Å². The minimum absolute atomic E-state index is 0.746. The van der Waals surface area contributed by atoms with E-state index in [9.17, 15) is 0 Å². The van der Waals surface area contributed by atoms with Gasteiger partial charge in [0.1, 0.15) is 0 Å². The normalized spacial score (nSPS) is 10.2. The summed E-state index contributed by atoms with van der Waals surface area (Å²) >= 11 is 3.50. The third-order valence-electron chi connectivity index (χ3n) is 2.56. The Bertz CT molecular complexity index is 512. The molecule has 0 bridgehead atoms. The quantitative estimate of drug-likeness (QED) is 0.853. The van der Waals surface area contributed by atoms with E-state index < -0.39 is 0 Å². The summed E-state index contributed by atoms with van der Waals surface area (Å²) in [6.07, 6.45) is 3.62. The van der Waals surface area contributed by atoms with E-state index in [1.54, 1.807) is 6.20 Å². The highest BCUT2D eigenvalue weighted by Gasteiger charge is 2.03. The number of anilines is 2. The number of halogens is 1. The van der Waals surface area contributed by atoms with Crippen LogP contribution < -0.4 is 11.1 Å². The van der Waals surface area contributed by atoms with Crippen molar-refractivity contribution in [2.75, 3.05) is 11.1 Å². The second-order valence-corrected chi connectivity index (χ2v) is 4.76. The third-order valence-corrected chi connectivity index (χ3v) is 3.22. The first-order chi connectivity index (χ1) is 8.16. The highest BCUT2D eigenvalue weighted by molar-refractivity contribution is 9.10. The van der Waals surface area contributed by atoms with Gasteiger partial charge in [0, 0.05) is 34.8 Å². The summed E-state index contributed by atoms with van der Waals surface area (Å²) in [6.45, 7) is 2.74. The van der Waals surface area contributed by atoms with Gasteiger partial charge in [0.05, 0.1) is 0 Å². The molecule has 0 saturated carbocycles. The molecule has 0 amide bonds. The number of nitrogens with two attached hydrogens (primary N) is 1. The summed E-state index contributed by atoms with van der Waals surface area (Å²) in [6, 6.07) is 7.93. The maximum absolute atomic E-state index is 5.83. The molecule has 1 aromatic carbocycles. The average Bonchev–Trinajstić information content (AvgIpc) is 2.33. The van der Waals surface area contributed by atoms with Crippen LogP contribution in [-0.4, -0.2) is 4.98 Å². The Hall–Kier alpha value is -1.55. The van der Waals surface area contributed by atoms with Gasteiger partial charge < -0.3 is 11.1 Å². The fourth-order valence-corrected chi connectivity index (χ4v) is 2.03. The van der Waals surface area contributed by atoms with Crippen molar-refractivity contribution in [3.63, 3.8) is 0 Å². The molecule has 17 heavy (non-hydrogen) atoms. The number of benzene rings is 1. The third kappa shape index (κ3) is 2.97.